The van der Waals surface area contributed by atoms with E-state index in [0.717, 1.165) is 47.7 Å². The highest BCUT2D eigenvalue weighted by molar-refractivity contribution is 6.31. The van der Waals surface area contributed by atoms with Crippen molar-refractivity contribution < 1.29 is 35.8 Å². The topological polar surface area (TPSA) is 116 Å². The molecule has 2 aromatic carbocycles. The summed E-state index contributed by atoms with van der Waals surface area (Å²) in [5, 5.41) is 0.112. The number of hydrogen-bond donors (Lipinski definition) is 0. The zero-order valence-electron chi connectivity index (χ0n) is 36.9. The van der Waals surface area contributed by atoms with Crippen LogP contribution >= 0.6 is 23.2 Å². The first-order chi connectivity index (χ1) is 32.5. The average Bonchev–Trinajstić information content (AvgIpc) is 4.15. The van der Waals surface area contributed by atoms with Gasteiger partial charge in [-0.25, -0.2) is 29.9 Å². The number of pyridine rings is 2. The largest absolute Gasteiger partial charge is 0.479 e. The summed E-state index contributed by atoms with van der Waals surface area (Å²) in [4.78, 5) is 27.2. The minimum absolute atomic E-state index is 0.0559. The Morgan fingerprint density at radius 1 is 0.544 bits per heavy atom. The van der Waals surface area contributed by atoms with Crippen LogP contribution in [0.3, 0.4) is 0 Å². The molecule has 0 radical (unpaired) electrons. The third-order valence-electron chi connectivity index (χ3n) is 12.0. The van der Waals surface area contributed by atoms with Crippen LogP contribution in [0.1, 0.15) is 82.8 Å². The second-order valence-electron chi connectivity index (χ2n) is 16.5. The van der Waals surface area contributed by atoms with Crippen molar-refractivity contribution in [2.75, 3.05) is 14.2 Å². The molecule has 0 spiro atoms. The fraction of sp³-hybridized carbons (Fsp3) is 0.292. The third-order valence-corrected chi connectivity index (χ3v) is 12.5. The van der Waals surface area contributed by atoms with E-state index >= 15 is 0 Å². The Bertz CT molecular complexity index is 2930. The Labute approximate surface area is 396 Å². The predicted octanol–water partition coefficient (Wildman–Crippen LogP) is 12.1. The minimum atomic E-state index is -4.51. The number of aromatic nitrogens is 10. The van der Waals surface area contributed by atoms with Gasteiger partial charge < -0.3 is 27.7 Å². The molecule has 0 amide bonds. The van der Waals surface area contributed by atoms with Crippen molar-refractivity contribution >= 4 is 23.2 Å². The summed E-state index contributed by atoms with van der Waals surface area (Å²) in [6.07, 6.45) is 4.37. The lowest BCUT2D eigenvalue weighted by molar-refractivity contribution is -0.139. The quantitative estimate of drug-likeness (QED) is 0.138. The van der Waals surface area contributed by atoms with Crippen molar-refractivity contribution in [2.45, 2.75) is 76.8 Å². The van der Waals surface area contributed by atoms with Crippen LogP contribution in [0.4, 0.5) is 26.3 Å². The number of ether oxygens (including phenoxy) is 2. The van der Waals surface area contributed by atoms with Gasteiger partial charge in [0, 0.05) is 59.8 Å². The number of imidazole rings is 4. The van der Waals surface area contributed by atoms with Crippen LogP contribution in [0.15, 0.2) is 98.1 Å². The van der Waals surface area contributed by atoms with Crippen LogP contribution in [0.5, 0.6) is 11.8 Å². The summed E-state index contributed by atoms with van der Waals surface area (Å²) in [5.41, 5.74) is 4.42. The molecule has 0 bridgehead atoms. The number of rotatable bonds is 8. The molecule has 0 fully saturated rings. The molecule has 2 aliphatic rings. The van der Waals surface area contributed by atoms with E-state index < -0.39 is 35.3 Å². The van der Waals surface area contributed by atoms with Crippen LogP contribution in [-0.2, 0) is 25.4 Å². The monoisotopic (exact) mass is 974 g/mol. The first-order valence-electron chi connectivity index (χ1n) is 21.5. The summed E-state index contributed by atoms with van der Waals surface area (Å²) in [7, 11) is 3.07. The molecular weight excluding hydrogens is 933 g/mol. The van der Waals surface area contributed by atoms with E-state index in [4.69, 9.17) is 42.6 Å². The zero-order chi connectivity index (χ0) is 48.1. The molecule has 6 aromatic heterocycles. The van der Waals surface area contributed by atoms with Gasteiger partial charge in [-0.3, -0.25) is 0 Å². The van der Waals surface area contributed by atoms with Crippen LogP contribution < -0.4 is 9.47 Å². The highest BCUT2D eigenvalue weighted by Crippen LogP contribution is 2.44. The van der Waals surface area contributed by atoms with Crippen molar-refractivity contribution in [1.29, 1.82) is 0 Å². The van der Waals surface area contributed by atoms with Gasteiger partial charge in [-0.2, -0.15) is 26.3 Å². The predicted molar refractivity (Wildman–Crippen MR) is 243 cm³/mol. The Kier molecular flexibility index (Phi) is 12.6. The maximum atomic E-state index is 13.8. The molecule has 0 saturated carbocycles. The Hall–Kier alpha value is -6.66. The van der Waals surface area contributed by atoms with E-state index in [2.05, 4.69) is 19.9 Å². The number of aryl methyl sites for hydroxylation is 4. The maximum Gasteiger partial charge on any atom is 0.416 e. The first kappa shape index (κ1) is 46.5. The number of halogens is 8. The number of fused-ring (bicyclic) bond motifs is 2. The molecule has 8 heterocycles. The summed E-state index contributed by atoms with van der Waals surface area (Å²) >= 11 is 11.8. The van der Waals surface area contributed by atoms with E-state index in [1.165, 1.54) is 38.5 Å². The van der Waals surface area contributed by atoms with Gasteiger partial charge in [-0.05, 0) is 99.2 Å². The SMILES string of the molecule is COc1nc(-c2cn3c(n2)[C@@H](c2ccc(Cl)cc2C(F)(F)F)CCC3)ccc1-n1cnc(C)c1.COc1nc(-c2cn3c(n2)[C@H](c2ccc(Cl)cc2C(F)(F)F)CCC3)ccc1-n1cnc(C)c1. The highest BCUT2D eigenvalue weighted by atomic mass is 35.5. The molecular formula is C48H42Cl2F6N10O2. The second kappa shape index (κ2) is 18.4. The van der Waals surface area contributed by atoms with E-state index in [-0.39, 0.29) is 21.2 Å². The fourth-order valence-electron chi connectivity index (χ4n) is 8.91. The molecule has 0 N–H and O–H groups in total. The average molecular weight is 976 g/mol. The van der Waals surface area contributed by atoms with Gasteiger partial charge in [0.2, 0.25) is 11.8 Å². The number of benzene rings is 2. The number of hydrogen-bond acceptors (Lipinski definition) is 8. The molecule has 2 aliphatic heterocycles. The molecule has 10 rings (SSSR count). The minimum Gasteiger partial charge on any atom is -0.479 e. The van der Waals surface area contributed by atoms with Crippen LogP contribution in [-0.4, -0.2) is 62.4 Å². The van der Waals surface area contributed by atoms with Crippen molar-refractivity contribution in [3.63, 3.8) is 0 Å². The summed E-state index contributed by atoms with van der Waals surface area (Å²) in [6.45, 7) is 5.14. The first-order valence-corrected chi connectivity index (χ1v) is 22.2. The molecule has 352 valence electrons. The molecule has 2 atom stereocenters. The van der Waals surface area contributed by atoms with Gasteiger partial charge in [-0.1, -0.05) is 35.3 Å². The Morgan fingerprint density at radius 2 is 0.956 bits per heavy atom. The van der Waals surface area contributed by atoms with Crippen molar-refractivity contribution in [2.24, 2.45) is 0 Å². The Morgan fingerprint density at radius 3 is 1.31 bits per heavy atom. The van der Waals surface area contributed by atoms with E-state index in [1.807, 2.05) is 81.2 Å². The van der Waals surface area contributed by atoms with E-state index in [0.29, 0.717) is 72.1 Å². The molecule has 68 heavy (non-hydrogen) atoms. The van der Waals surface area contributed by atoms with Gasteiger partial charge in [0.1, 0.15) is 34.4 Å². The Balaban J connectivity index is 0.000000170. The van der Waals surface area contributed by atoms with Crippen molar-refractivity contribution in [3.05, 3.63) is 153 Å². The summed E-state index contributed by atoms with van der Waals surface area (Å²) in [5.74, 6) is 0.982. The summed E-state index contributed by atoms with van der Waals surface area (Å²) in [6, 6.07) is 15.3. The lowest BCUT2D eigenvalue weighted by Gasteiger charge is -2.26. The lowest BCUT2D eigenvalue weighted by Crippen LogP contribution is -2.20. The molecule has 8 aromatic rings. The highest BCUT2D eigenvalue weighted by Gasteiger charge is 2.39. The van der Waals surface area contributed by atoms with E-state index in [9.17, 15) is 26.3 Å². The van der Waals surface area contributed by atoms with Crippen LogP contribution in [0, 0.1) is 13.8 Å². The zero-order valence-corrected chi connectivity index (χ0v) is 38.5. The molecule has 20 heteroatoms. The van der Waals surface area contributed by atoms with Crippen LogP contribution in [0.2, 0.25) is 10.0 Å². The standard InChI is InChI=1S/2C24H21ClF3N5O/c2*1-14-11-33(13-29-14)21-8-7-19(31-23(21)34-2)20-12-32-9-3-4-17(22(32)30-20)16-6-5-15(25)10-18(16)24(26,27)28/h2*5-8,10-13,17H,3-4,9H2,1-2H3/t2*17-/m10/s1. The fourth-order valence-corrected chi connectivity index (χ4v) is 9.25. The second-order valence-corrected chi connectivity index (χ2v) is 17.4. The smallest absolute Gasteiger partial charge is 0.416 e. The number of nitrogens with zero attached hydrogens (tertiary/aromatic N) is 10. The normalized spacial score (nSPS) is 15.9. The molecule has 0 aliphatic carbocycles. The van der Waals surface area contributed by atoms with Gasteiger partial charge in [-0.15, -0.1) is 0 Å². The maximum absolute atomic E-state index is 13.8. The van der Waals surface area contributed by atoms with Gasteiger partial charge in [0.05, 0.1) is 60.8 Å². The molecule has 12 nitrogen and oxygen atoms in total. The van der Waals surface area contributed by atoms with Gasteiger partial charge in [0.25, 0.3) is 0 Å². The summed E-state index contributed by atoms with van der Waals surface area (Å²) < 4.78 is 101. The number of alkyl halides is 6. The molecule has 0 unspecified atom stereocenters. The van der Waals surface area contributed by atoms with Crippen LogP contribution in [0.25, 0.3) is 34.2 Å². The molecule has 0 saturated heterocycles. The number of methoxy groups -OCH3 is 2. The van der Waals surface area contributed by atoms with Gasteiger partial charge >= 0.3 is 12.4 Å². The third kappa shape index (κ3) is 9.30. The van der Waals surface area contributed by atoms with Crippen molar-refractivity contribution in [1.82, 2.24) is 48.2 Å². The van der Waals surface area contributed by atoms with E-state index in [1.54, 1.807) is 12.7 Å². The lowest BCUT2D eigenvalue weighted by atomic mass is 9.87. The van der Waals surface area contributed by atoms with Crippen molar-refractivity contribution in [3.8, 4) is 45.9 Å². The van der Waals surface area contributed by atoms with Gasteiger partial charge in [0.15, 0.2) is 0 Å².